The number of amides is 2. The van der Waals surface area contributed by atoms with Crippen LogP contribution in [-0.2, 0) is 30.9 Å². The number of nitrogens with one attached hydrogen (secondary N) is 2. The van der Waals surface area contributed by atoms with Gasteiger partial charge in [-0.2, -0.15) is 4.31 Å². The van der Waals surface area contributed by atoms with Crippen molar-refractivity contribution in [3.8, 4) is 5.75 Å². The summed E-state index contributed by atoms with van der Waals surface area (Å²) in [5, 5.41) is 4.92. The van der Waals surface area contributed by atoms with E-state index in [0.29, 0.717) is 18.8 Å². The molecule has 1 fully saturated rings. The highest BCUT2D eigenvalue weighted by molar-refractivity contribution is 7.89. The zero-order valence-corrected chi connectivity index (χ0v) is 19.2. The van der Waals surface area contributed by atoms with Gasteiger partial charge >= 0.3 is 11.8 Å². The summed E-state index contributed by atoms with van der Waals surface area (Å²) >= 11 is 0. The summed E-state index contributed by atoms with van der Waals surface area (Å²) in [6.07, 6.45) is -0.529. The van der Waals surface area contributed by atoms with E-state index in [1.165, 1.54) is 19.1 Å². The molecule has 2 N–H and O–H groups in total. The molecule has 3 rings (SSSR count). The number of carbonyl (C=O) groups excluding carboxylic acids is 2. The van der Waals surface area contributed by atoms with Gasteiger partial charge < -0.3 is 20.1 Å². The van der Waals surface area contributed by atoms with Crippen molar-refractivity contribution < 1.29 is 31.9 Å². The Morgan fingerprint density at radius 2 is 1.85 bits per heavy atom. The van der Waals surface area contributed by atoms with Crippen molar-refractivity contribution in [3.63, 3.8) is 0 Å². The van der Waals surface area contributed by atoms with Crippen LogP contribution in [-0.4, -0.2) is 57.6 Å². The first kappa shape index (κ1) is 24.6. The monoisotopic (exact) mass is 479 g/mol. The summed E-state index contributed by atoms with van der Waals surface area (Å²) in [7, 11) is -2.45. The fraction of sp³-hybridized carbons (Fsp3) is 0.364. The van der Waals surface area contributed by atoms with Crippen LogP contribution in [0.15, 0.2) is 47.4 Å². The van der Waals surface area contributed by atoms with Gasteiger partial charge in [0.15, 0.2) is 0 Å². The van der Waals surface area contributed by atoms with Crippen molar-refractivity contribution >= 4 is 21.8 Å². The van der Waals surface area contributed by atoms with Gasteiger partial charge in [0.2, 0.25) is 10.0 Å². The number of nitrogens with zero attached hydrogens (tertiary/aromatic N) is 1. The van der Waals surface area contributed by atoms with E-state index in [1.807, 2.05) is 0 Å². The third kappa shape index (κ3) is 6.06. The Labute approximate surface area is 191 Å². The molecule has 0 spiro atoms. The first-order valence-corrected chi connectivity index (χ1v) is 11.7. The highest BCUT2D eigenvalue weighted by Crippen LogP contribution is 2.23. The van der Waals surface area contributed by atoms with Gasteiger partial charge in [-0.05, 0) is 54.8 Å². The molecule has 1 saturated heterocycles. The molecule has 33 heavy (non-hydrogen) atoms. The maximum atomic E-state index is 13.6. The number of carbonyl (C=O) groups is 2. The van der Waals surface area contributed by atoms with Crippen LogP contribution in [0.1, 0.15) is 17.5 Å². The SMILES string of the molecule is COc1ccc(CNC(=O)C(=O)NC[C@@H]2OCCCN2S(=O)(=O)c2ccc(F)c(C)c2)cc1. The van der Waals surface area contributed by atoms with Crippen molar-refractivity contribution in [2.45, 2.75) is 31.0 Å². The first-order valence-electron chi connectivity index (χ1n) is 10.3. The molecule has 0 saturated carbocycles. The van der Waals surface area contributed by atoms with Gasteiger partial charge in [-0.25, -0.2) is 12.8 Å². The molecule has 1 atom stereocenters. The van der Waals surface area contributed by atoms with Crippen LogP contribution in [0.2, 0.25) is 0 Å². The molecule has 0 aromatic heterocycles. The van der Waals surface area contributed by atoms with Crippen molar-refractivity contribution in [1.29, 1.82) is 0 Å². The second kappa shape index (κ2) is 10.7. The lowest BCUT2D eigenvalue weighted by atomic mass is 10.2. The van der Waals surface area contributed by atoms with Gasteiger partial charge in [0.1, 0.15) is 17.8 Å². The number of benzene rings is 2. The van der Waals surface area contributed by atoms with Crippen LogP contribution in [0.3, 0.4) is 0 Å². The van der Waals surface area contributed by atoms with Crippen molar-refractivity contribution in [3.05, 3.63) is 59.4 Å². The fourth-order valence-corrected chi connectivity index (χ4v) is 4.93. The van der Waals surface area contributed by atoms with Crippen molar-refractivity contribution in [1.82, 2.24) is 14.9 Å². The summed E-state index contributed by atoms with van der Waals surface area (Å²) in [6, 6.07) is 10.5. The summed E-state index contributed by atoms with van der Waals surface area (Å²) in [6.45, 7) is 1.87. The van der Waals surface area contributed by atoms with Gasteiger partial charge in [-0.15, -0.1) is 0 Å². The summed E-state index contributed by atoms with van der Waals surface area (Å²) in [5.41, 5.74) is 0.979. The Balaban J connectivity index is 1.59. The Bertz CT molecular complexity index is 1110. The largest absolute Gasteiger partial charge is 0.497 e. The maximum Gasteiger partial charge on any atom is 0.309 e. The van der Waals surface area contributed by atoms with Crippen LogP contribution in [0.5, 0.6) is 5.75 Å². The predicted octanol–water partition coefficient (Wildman–Crippen LogP) is 1.31. The quantitative estimate of drug-likeness (QED) is 0.579. The predicted molar refractivity (Wildman–Crippen MR) is 117 cm³/mol. The van der Waals surface area contributed by atoms with Crippen molar-refractivity contribution in [2.75, 3.05) is 26.8 Å². The van der Waals surface area contributed by atoms with Gasteiger partial charge in [-0.3, -0.25) is 9.59 Å². The fourth-order valence-electron chi connectivity index (χ4n) is 3.28. The number of sulfonamides is 1. The number of aryl methyl sites for hydroxylation is 1. The molecule has 178 valence electrons. The lowest BCUT2D eigenvalue weighted by molar-refractivity contribution is -0.140. The summed E-state index contributed by atoms with van der Waals surface area (Å²) < 4.78 is 51.4. The van der Waals surface area contributed by atoms with E-state index in [4.69, 9.17) is 9.47 Å². The number of hydrogen-bond donors (Lipinski definition) is 2. The van der Waals surface area contributed by atoms with E-state index in [0.717, 1.165) is 15.9 Å². The van der Waals surface area contributed by atoms with Gasteiger partial charge in [0.25, 0.3) is 0 Å². The lowest BCUT2D eigenvalue weighted by Gasteiger charge is -2.34. The smallest absolute Gasteiger partial charge is 0.309 e. The number of methoxy groups -OCH3 is 1. The van der Waals surface area contributed by atoms with Crippen LogP contribution in [0.25, 0.3) is 0 Å². The molecule has 0 unspecified atom stereocenters. The zero-order valence-electron chi connectivity index (χ0n) is 18.3. The number of ether oxygens (including phenoxy) is 2. The van der Waals surface area contributed by atoms with Crippen LogP contribution in [0, 0.1) is 12.7 Å². The van der Waals surface area contributed by atoms with E-state index in [9.17, 15) is 22.4 Å². The number of hydrogen-bond acceptors (Lipinski definition) is 6. The molecule has 1 aliphatic heterocycles. The Morgan fingerprint density at radius 3 is 2.52 bits per heavy atom. The Morgan fingerprint density at radius 1 is 1.15 bits per heavy atom. The molecular formula is C22H26FN3O6S. The third-order valence-corrected chi connectivity index (χ3v) is 7.03. The van der Waals surface area contributed by atoms with E-state index in [2.05, 4.69) is 10.6 Å². The molecule has 2 amide bonds. The molecule has 2 aromatic rings. The molecule has 1 aliphatic rings. The highest BCUT2D eigenvalue weighted by atomic mass is 32.2. The molecule has 0 aliphatic carbocycles. The third-order valence-electron chi connectivity index (χ3n) is 5.15. The van der Waals surface area contributed by atoms with Gasteiger partial charge in [0.05, 0.1) is 25.2 Å². The maximum absolute atomic E-state index is 13.6. The molecule has 1 heterocycles. The Kier molecular flexibility index (Phi) is 8.01. The summed E-state index contributed by atoms with van der Waals surface area (Å²) in [5.74, 6) is -1.60. The van der Waals surface area contributed by atoms with Gasteiger partial charge in [-0.1, -0.05) is 12.1 Å². The second-order valence-corrected chi connectivity index (χ2v) is 9.34. The topological polar surface area (TPSA) is 114 Å². The average molecular weight is 480 g/mol. The van der Waals surface area contributed by atoms with E-state index in [-0.39, 0.29) is 30.1 Å². The van der Waals surface area contributed by atoms with E-state index < -0.39 is 33.9 Å². The van der Waals surface area contributed by atoms with Crippen molar-refractivity contribution in [2.24, 2.45) is 0 Å². The van der Waals surface area contributed by atoms with E-state index >= 15 is 0 Å². The minimum atomic E-state index is -3.99. The van der Waals surface area contributed by atoms with Crippen LogP contribution >= 0.6 is 0 Å². The first-order chi connectivity index (χ1) is 15.7. The van der Waals surface area contributed by atoms with Gasteiger partial charge in [0, 0.05) is 13.1 Å². The molecule has 0 radical (unpaired) electrons. The number of rotatable bonds is 7. The van der Waals surface area contributed by atoms with E-state index in [1.54, 1.807) is 31.4 Å². The average Bonchev–Trinajstić information content (AvgIpc) is 2.83. The number of halogens is 1. The lowest BCUT2D eigenvalue weighted by Crippen LogP contribution is -2.53. The normalized spacial score (nSPS) is 16.8. The zero-order chi connectivity index (χ0) is 24.0. The highest BCUT2D eigenvalue weighted by Gasteiger charge is 2.35. The Hall–Kier alpha value is -3.02. The molecule has 11 heteroatoms. The summed E-state index contributed by atoms with van der Waals surface area (Å²) in [4.78, 5) is 24.3. The van der Waals surface area contributed by atoms with Crippen LogP contribution in [0.4, 0.5) is 4.39 Å². The minimum absolute atomic E-state index is 0.0690. The molecular weight excluding hydrogens is 453 g/mol. The second-order valence-electron chi connectivity index (χ2n) is 7.45. The van der Waals surface area contributed by atoms with Crippen LogP contribution < -0.4 is 15.4 Å². The molecule has 9 nitrogen and oxygen atoms in total. The minimum Gasteiger partial charge on any atom is -0.497 e. The molecule has 2 aromatic carbocycles. The molecule has 0 bridgehead atoms. The standard InChI is InChI=1S/C22H26FN3O6S/c1-15-12-18(8-9-19(15)23)33(29,30)26-10-3-11-32-20(26)14-25-22(28)21(27)24-13-16-4-6-17(31-2)7-5-16/h4-9,12,20H,3,10-11,13-14H2,1-2H3,(H,24,27)(H,25,28)/t20-/m0/s1.